The van der Waals surface area contributed by atoms with Gasteiger partial charge in [0.25, 0.3) is 0 Å². The Hall–Kier alpha value is -1.80. The molecule has 19 heavy (non-hydrogen) atoms. The van der Waals surface area contributed by atoms with Gasteiger partial charge in [-0.2, -0.15) is 0 Å². The van der Waals surface area contributed by atoms with Gasteiger partial charge in [0, 0.05) is 11.6 Å². The number of nitrogens with zero attached hydrogens (tertiary/aromatic N) is 2. The molecular formula is C16H15ClN2. The van der Waals surface area contributed by atoms with Crippen LogP contribution in [0.25, 0.3) is 16.7 Å². The maximum atomic E-state index is 5.82. The van der Waals surface area contributed by atoms with E-state index in [4.69, 9.17) is 11.6 Å². The van der Waals surface area contributed by atoms with Crippen molar-refractivity contribution in [1.82, 2.24) is 9.55 Å². The third-order valence-electron chi connectivity index (χ3n) is 3.53. The molecule has 0 saturated heterocycles. The molecule has 0 aliphatic rings. The first-order valence-corrected chi connectivity index (χ1v) is 6.82. The summed E-state index contributed by atoms with van der Waals surface area (Å²) in [6.45, 7) is 4.24. The molecule has 0 amide bonds. The largest absolute Gasteiger partial charge is 0.299 e. The van der Waals surface area contributed by atoms with Gasteiger partial charge in [-0.15, -0.1) is 11.6 Å². The second-order valence-corrected chi connectivity index (χ2v) is 5.11. The first-order chi connectivity index (χ1) is 9.19. The predicted molar refractivity (Wildman–Crippen MR) is 80.1 cm³/mol. The summed E-state index contributed by atoms with van der Waals surface area (Å²) in [6.07, 6.45) is 1.87. The van der Waals surface area contributed by atoms with Crippen molar-refractivity contribution in [1.29, 1.82) is 0 Å². The van der Waals surface area contributed by atoms with Gasteiger partial charge in [-0.05, 0) is 54.8 Å². The highest BCUT2D eigenvalue weighted by atomic mass is 35.5. The number of hydrogen-bond acceptors (Lipinski definition) is 1. The van der Waals surface area contributed by atoms with E-state index in [0.29, 0.717) is 5.88 Å². The van der Waals surface area contributed by atoms with Gasteiger partial charge in [0.1, 0.15) is 6.33 Å². The zero-order valence-corrected chi connectivity index (χ0v) is 11.8. The first-order valence-electron chi connectivity index (χ1n) is 6.28. The third-order valence-corrected chi connectivity index (χ3v) is 3.84. The number of alkyl halides is 1. The van der Waals surface area contributed by atoms with Gasteiger partial charge in [0.05, 0.1) is 11.0 Å². The zero-order valence-electron chi connectivity index (χ0n) is 11.0. The highest BCUT2D eigenvalue weighted by Gasteiger charge is 2.06. The van der Waals surface area contributed by atoms with Crippen LogP contribution < -0.4 is 0 Å². The average Bonchev–Trinajstić information content (AvgIpc) is 2.82. The number of aryl methyl sites for hydroxylation is 2. The molecule has 2 aromatic carbocycles. The van der Waals surface area contributed by atoms with Gasteiger partial charge >= 0.3 is 0 Å². The van der Waals surface area contributed by atoms with Crippen molar-refractivity contribution in [2.24, 2.45) is 0 Å². The summed E-state index contributed by atoms with van der Waals surface area (Å²) < 4.78 is 2.11. The van der Waals surface area contributed by atoms with Crippen LogP contribution in [-0.4, -0.2) is 9.55 Å². The fourth-order valence-electron chi connectivity index (χ4n) is 2.22. The average molecular weight is 271 g/mol. The third kappa shape index (κ3) is 2.13. The Morgan fingerprint density at radius 3 is 2.42 bits per heavy atom. The second-order valence-electron chi connectivity index (χ2n) is 4.84. The van der Waals surface area contributed by atoms with E-state index >= 15 is 0 Å². The van der Waals surface area contributed by atoms with Crippen molar-refractivity contribution in [3.63, 3.8) is 0 Å². The molecule has 96 valence electrons. The summed E-state index contributed by atoms with van der Waals surface area (Å²) >= 11 is 5.82. The van der Waals surface area contributed by atoms with E-state index in [0.717, 1.165) is 22.3 Å². The molecule has 0 radical (unpaired) electrons. The lowest BCUT2D eigenvalue weighted by Crippen LogP contribution is -1.93. The molecule has 0 saturated carbocycles. The van der Waals surface area contributed by atoms with Crippen molar-refractivity contribution < 1.29 is 0 Å². The first kappa shape index (κ1) is 12.2. The Morgan fingerprint density at radius 2 is 1.74 bits per heavy atom. The number of benzene rings is 2. The van der Waals surface area contributed by atoms with Crippen LogP contribution in [-0.2, 0) is 5.88 Å². The number of rotatable bonds is 2. The zero-order chi connectivity index (χ0) is 13.4. The topological polar surface area (TPSA) is 17.8 Å². The molecule has 0 N–H and O–H groups in total. The molecule has 0 atom stereocenters. The van der Waals surface area contributed by atoms with Gasteiger partial charge in [0.2, 0.25) is 0 Å². The summed E-state index contributed by atoms with van der Waals surface area (Å²) in [6, 6.07) is 12.6. The molecule has 3 rings (SSSR count). The summed E-state index contributed by atoms with van der Waals surface area (Å²) in [5.41, 5.74) is 6.97. The minimum atomic E-state index is 0.545. The summed E-state index contributed by atoms with van der Waals surface area (Å²) in [5, 5.41) is 0. The monoisotopic (exact) mass is 270 g/mol. The molecule has 0 bridgehead atoms. The SMILES string of the molecule is Cc1cc2ncn(-c3ccc(CCl)cc3)c2cc1C. The van der Waals surface area contributed by atoms with Crippen molar-refractivity contribution in [2.75, 3.05) is 0 Å². The minimum absolute atomic E-state index is 0.545. The van der Waals surface area contributed by atoms with Crippen LogP contribution in [0.1, 0.15) is 16.7 Å². The lowest BCUT2D eigenvalue weighted by Gasteiger charge is -2.06. The molecule has 3 heteroatoms. The summed E-state index contributed by atoms with van der Waals surface area (Å²) in [4.78, 5) is 4.48. The standard InChI is InChI=1S/C16H15ClN2/c1-11-7-15-16(8-12(11)2)19(10-18-15)14-5-3-13(9-17)4-6-14/h3-8,10H,9H2,1-2H3. The van der Waals surface area contributed by atoms with Crippen LogP contribution >= 0.6 is 11.6 Å². The van der Waals surface area contributed by atoms with Gasteiger partial charge in [-0.1, -0.05) is 12.1 Å². The van der Waals surface area contributed by atoms with E-state index in [-0.39, 0.29) is 0 Å². The van der Waals surface area contributed by atoms with Crippen molar-refractivity contribution in [3.8, 4) is 5.69 Å². The lowest BCUT2D eigenvalue weighted by atomic mass is 10.1. The molecule has 1 aromatic heterocycles. The van der Waals surface area contributed by atoms with Crippen LogP contribution in [0, 0.1) is 13.8 Å². The number of fused-ring (bicyclic) bond motifs is 1. The predicted octanol–water partition coefficient (Wildman–Crippen LogP) is 4.38. The minimum Gasteiger partial charge on any atom is -0.299 e. The van der Waals surface area contributed by atoms with Crippen molar-refractivity contribution >= 4 is 22.6 Å². The van der Waals surface area contributed by atoms with Crippen LogP contribution in [0.5, 0.6) is 0 Å². The Bertz CT molecular complexity index is 726. The van der Waals surface area contributed by atoms with E-state index in [1.165, 1.54) is 11.1 Å². The molecule has 0 unspecified atom stereocenters. The smallest absolute Gasteiger partial charge is 0.100 e. The second kappa shape index (κ2) is 4.71. The Kier molecular flexibility index (Phi) is 3.03. The molecule has 1 heterocycles. The Morgan fingerprint density at radius 1 is 1.05 bits per heavy atom. The fraction of sp³-hybridized carbons (Fsp3) is 0.188. The van der Waals surface area contributed by atoms with E-state index < -0.39 is 0 Å². The highest BCUT2D eigenvalue weighted by Crippen LogP contribution is 2.22. The maximum absolute atomic E-state index is 5.82. The molecule has 0 aliphatic heterocycles. The molecule has 2 nitrogen and oxygen atoms in total. The quantitative estimate of drug-likeness (QED) is 0.632. The summed E-state index contributed by atoms with van der Waals surface area (Å²) in [5.74, 6) is 0.545. The Balaban J connectivity index is 2.16. The van der Waals surface area contributed by atoms with Crippen LogP contribution in [0.3, 0.4) is 0 Å². The molecular weight excluding hydrogens is 256 g/mol. The van der Waals surface area contributed by atoms with Crippen LogP contribution in [0.4, 0.5) is 0 Å². The lowest BCUT2D eigenvalue weighted by molar-refractivity contribution is 1.09. The molecule has 0 spiro atoms. The number of hydrogen-bond donors (Lipinski definition) is 0. The van der Waals surface area contributed by atoms with Gasteiger partial charge in [0.15, 0.2) is 0 Å². The van der Waals surface area contributed by atoms with Gasteiger partial charge in [-0.25, -0.2) is 4.98 Å². The van der Waals surface area contributed by atoms with Crippen molar-refractivity contribution in [2.45, 2.75) is 19.7 Å². The normalized spacial score (nSPS) is 11.1. The van der Waals surface area contributed by atoms with Gasteiger partial charge in [-0.3, -0.25) is 4.57 Å². The maximum Gasteiger partial charge on any atom is 0.100 e. The van der Waals surface area contributed by atoms with E-state index in [1.807, 2.05) is 6.33 Å². The molecule has 0 aliphatic carbocycles. The van der Waals surface area contributed by atoms with Crippen molar-refractivity contribution in [3.05, 3.63) is 59.4 Å². The van der Waals surface area contributed by atoms with Crippen LogP contribution in [0.2, 0.25) is 0 Å². The fourth-order valence-corrected chi connectivity index (χ4v) is 2.39. The molecule has 0 fully saturated rings. The number of imidazole rings is 1. The summed E-state index contributed by atoms with van der Waals surface area (Å²) in [7, 11) is 0. The number of halogens is 1. The number of aromatic nitrogens is 2. The molecule has 3 aromatic rings. The van der Waals surface area contributed by atoms with E-state index in [9.17, 15) is 0 Å². The highest BCUT2D eigenvalue weighted by molar-refractivity contribution is 6.17. The Labute approximate surface area is 117 Å². The van der Waals surface area contributed by atoms with Crippen LogP contribution in [0.15, 0.2) is 42.7 Å². The van der Waals surface area contributed by atoms with E-state index in [1.54, 1.807) is 0 Å². The van der Waals surface area contributed by atoms with E-state index in [2.05, 4.69) is 59.8 Å². The van der Waals surface area contributed by atoms with Gasteiger partial charge < -0.3 is 0 Å².